The maximum atomic E-state index is 13.5. The zero-order valence-corrected chi connectivity index (χ0v) is 20.5. The maximum absolute atomic E-state index is 13.5. The lowest BCUT2D eigenvalue weighted by Gasteiger charge is -2.30. The van der Waals surface area contributed by atoms with Gasteiger partial charge in [-0.1, -0.05) is 44.2 Å². The number of carbonyl (C=O) groups is 2. The molecule has 2 aromatic heterocycles. The number of pyridine rings is 1. The number of carbonyl (C=O) groups excluding carboxylic acids is 2. The molecule has 3 heterocycles. The average Bonchev–Trinajstić information content (AvgIpc) is 3.44. The Hall–Kier alpha value is -3.10. The fraction of sp³-hybridized carbons (Fsp3) is 0.385. The third kappa shape index (κ3) is 5.18. The summed E-state index contributed by atoms with van der Waals surface area (Å²) >= 11 is 1.60. The van der Waals surface area contributed by atoms with Gasteiger partial charge in [-0.15, -0.1) is 11.3 Å². The minimum Gasteiger partial charge on any atom is -0.391 e. The van der Waals surface area contributed by atoms with E-state index in [9.17, 15) is 14.7 Å². The molecule has 0 unspecified atom stereocenters. The van der Waals surface area contributed by atoms with Crippen LogP contribution < -0.4 is 5.32 Å². The summed E-state index contributed by atoms with van der Waals surface area (Å²) in [6.07, 6.45) is 2.88. The van der Waals surface area contributed by atoms with Crippen molar-refractivity contribution in [2.75, 3.05) is 6.54 Å². The van der Waals surface area contributed by atoms with Crippen LogP contribution in [-0.4, -0.2) is 50.5 Å². The summed E-state index contributed by atoms with van der Waals surface area (Å²) in [5.74, 6) is -0.791. The second kappa shape index (κ2) is 10.4. The van der Waals surface area contributed by atoms with Gasteiger partial charge in [0.2, 0.25) is 11.8 Å². The summed E-state index contributed by atoms with van der Waals surface area (Å²) in [6.45, 7) is 6.46. The Morgan fingerprint density at radius 1 is 1.24 bits per heavy atom. The predicted octanol–water partition coefficient (Wildman–Crippen LogP) is 3.53. The first kappa shape index (κ1) is 24.0. The van der Waals surface area contributed by atoms with E-state index in [1.807, 2.05) is 62.7 Å². The van der Waals surface area contributed by atoms with E-state index in [4.69, 9.17) is 0 Å². The van der Waals surface area contributed by atoms with Crippen molar-refractivity contribution in [2.24, 2.45) is 5.92 Å². The number of amides is 2. The molecule has 3 aromatic rings. The number of hydrogen-bond acceptors (Lipinski definition) is 6. The summed E-state index contributed by atoms with van der Waals surface area (Å²) < 4.78 is 0. The normalized spacial score (nSPS) is 18.8. The number of rotatable bonds is 7. The first-order valence-electron chi connectivity index (χ1n) is 11.5. The molecule has 8 heteroatoms. The molecular formula is C26H30N4O3S. The molecule has 0 spiro atoms. The molecule has 1 aliphatic rings. The van der Waals surface area contributed by atoms with Crippen LogP contribution in [0.25, 0.3) is 10.4 Å². The van der Waals surface area contributed by atoms with Gasteiger partial charge < -0.3 is 15.3 Å². The first-order chi connectivity index (χ1) is 16.3. The number of aliphatic hydroxyl groups excluding tert-OH is 1. The third-order valence-electron chi connectivity index (χ3n) is 6.27. The van der Waals surface area contributed by atoms with Gasteiger partial charge in [-0.3, -0.25) is 14.6 Å². The van der Waals surface area contributed by atoms with Crippen LogP contribution in [0.1, 0.15) is 43.0 Å². The monoisotopic (exact) mass is 478 g/mol. The average molecular weight is 479 g/mol. The van der Waals surface area contributed by atoms with Gasteiger partial charge in [0.05, 0.1) is 28.1 Å². The molecule has 2 amide bonds. The topological polar surface area (TPSA) is 95.4 Å². The van der Waals surface area contributed by atoms with Crippen LogP contribution in [0.5, 0.6) is 0 Å². The zero-order chi connectivity index (χ0) is 24.2. The van der Waals surface area contributed by atoms with E-state index >= 15 is 0 Å². The molecule has 0 aliphatic carbocycles. The highest BCUT2D eigenvalue weighted by atomic mass is 32.1. The molecule has 0 saturated carbocycles. The molecule has 3 atom stereocenters. The van der Waals surface area contributed by atoms with Gasteiger partial charge in [0.1, 0.15) is 6.04 Å². The number of aliphatic hydroxyl groups is 1. The van der Waals surface area contributed by atoms with Gasteiger partial charge in [0.15, 0.2) is 0 Å². The van der Waals surface area contributed by atoms with Crippen LogP contribution in [0.2, 0.25) is 0 Å². The Labute approximate surface area is 203 Å². The van der Waals surface area contributed by atoms with Crippen molar-refractivity contribution in [1.29, 1.82) is 0 Å². The highest BCUT2D eigenvalue weighted by Crippen LogP contribution is 2.30. The molecule has 1 aliphatic heterocycles. The van der Waals surface area contributed by atoms with Gasteiger partial charge in [-0.25, -0.2) is 4.98 Å². The van der Waals surface area contributed by atoms with Crippen LogP contribution >= 0.6 is 11.3 Å². The highest BCUT2D eigenvalue weighted by Gasteiger charge is 2.42. The Balaban J connectivity index is 1.43. The molecule has 1 saturated heterocycles. The van der Waals surface area contributed by atoms with Crippen molar-refractivity contribution >= 4 is 23.2 Å². The molecule has 2 N–H and O–H groups in total. The van der Waals surface area contributed by atoms with E-state index in [0.717, 1.165) is 27.3 Å². The van der Waals surface area contributed by atoms with Gasteiger partial charge in [-0.05, 0) is 35.6 Å². The minimum absolute atomic E-state index is 0.0267. The van der Waals surface area contributed by atoms with E-state index in [0.29, 0.717) is 6.54 Å². The quantitative estimate of drug-likeness (QED) is 0.542. The third-order valence-corrected chi connectivity index (χ3v) is 7.25. The van der Waals surface area contributed by atoms with E-state index in [1.165, 1.54) is 4.90 Å². The molecule has 7 nitrogen and oxygen atoms in total. The van der Waals surface area contributed by atoms with E-state index < -0.39 is 18.1 Å². The predicted molar refractivity (Wildman–Crippen MR) is 132 cm³/mol. The van der Waals surface area contributed by atoms with Crippen molar-refractivity contribution in [3.63, 3.8) is 0 Å². The van der Waals surface area contributed by atoms with Crippen molar-refractivity contribution in [3.8, 4) is 10.4 Å². The lowest BCUT2D eigenvalue weighted by molar-refractivity contribution is -0.140. The fourth-order valence-electron chi connectivity index (χ4n) is 4.52. The molecule has 178 valence electrons. The SMILES string of the molecule is Cc1ncsc1-c1ccc(CNC(=O)[C@@H]2C[C@@H](O)CN2C(=O)[C@@H](c2cccnc2)C(C)C)cc1. The second-order valence-corrected chi connectivity index (χ2v) is 9.94. The fourth-order valence-corrected chi connectivity index (χ4v) is 5.33. The van der Waals surface area contributed by atoms with Crippen LogP contribution in [0, 0.1) is 12.8 Å². The largest absolute Gasteiger partial charge is 0.391 e. The zero-order valence-electron chi connectivity index (χ0n) is 19.6. The second-order valence-electron chi connectivity index (χ2n) is 9.09. The molecule has 4 rings (SSSR count). The van der Waals surface area contributed by atoms with Gasteiger partial charge in [-0.2, -0.15) is 0 Å². The van der Waals surface area contributed by atoms with Crippen molar-refractivity contribution in [3.05, 3.63) is 71.1 Å². The lowest BCUT2D eigenvalue weighted by atomic mass is 9.88. The molecule has 0 bridgehead atoms. The number of aryl methyl sites for hydroxylation is 1. The van der Waals surface area contributed by atoms with Crippen molar-refractivity contribution < 1.29 is 14.7 Å². The Morgan fingerprint density at radius 2 is 2.00 bits per heavy atom. The van der Waals surface area contributed by atoms with E-state index in [2.05, 4.69) is 15.3 Å². The summed E-state index contributed by atoms with van der Waals surface area (Å²) in [6, 6.07) is 11.0. The molecule has 1 fully saturated rings. The van der Waals surface area contributed by atoms with Gasteiger partial charge in [0.25, 0.3) is 0 Å². The molecule has 1 aromatic carbocycles. The van der Waals surface area contributed by atoms with Crippen LogP contribution in [0.4, 0.5) is 0 Å². The number of likely N-dealkylation sites (tertiary alicyclic amines) is 1. The Morgan fingerprint density at radius 3 is 2.62 bits per heavy atom. The van der Waals surface area contributed by atoms with Crippen LogP contribution in [0.15, 0.2) is 54.3 Å². The number of nitrogens with zero attached hydrogens (tertiary/aromatic N) is 3. The van der Waals surface area contributed by atoms with Crippen LogP contribution in [0.3, 0.4) is 0 Å². The molecular weight excluding hydrogens is 448 g/mol. The molecule has 0 radical (unpaired) electrons. The number of β-amino-alcohol motifs (C(OH)–C–C–N with tert-alkyl or cyclic N) is 1. The Bertz CT molecular complexity index is 1130. The minimum atomic E-state index is -0.719. The first-order valence-corrected chi connectivity index (χ1v) is 12.4. The number of thiazole rings is 1. The number of benzene rings is 1. The van der Waals surface area contributed by atoms with E-state index in [-0.39, 0.29) is 30.7 Å². The highest BCUT2D eigenvalue weighted by molar-refractivity contribution is 7.13. The number of aromatic nitrogens is 2. The number of hydrogen-bond donors (Lipinski definition) is 2. The Kier molecular flexibility index (Phi) is 7.38. The van der Waals surface area contributed by atoms with Gasteiger partial charge in [0, 0.05) is 31.9 Å². The standard InChI is InChI=1S/C26H30N4O3S/c1-16(2)23(20-5-4-10-27-13-20)26(33)30-14-21(31)11-22(30)25(32)28-12-18-6-8-19(9-7-18)24-17(3)29-15-34-24/h4-10,13,15-16,21-23,31H,11-12,14H2,1-3H3,(H,28,32)/t21-,22+,23-/m1/s1. The van der Waals surface area contributed by atoms with E-state index in [1.54, 1.807) is 23.7 Å². The summed E-state index contributed by atoms with van der Waals surface area (Å²) in [5, 5.41) is 13.3. The van der Waals surface area contributed by atoms with Gasteiger partial charge >= 0.3 is 0 Å². The summed E-state index contributed by atoms with van der Waals surface area (Å²) in [5.41, 5.74) is 5.72. The maximum Gasteiger partial charge on any atom is 0.243 e. The lowest BCUT2D eigenvalue weighted by Crippen LogP contribution is -2.48. The van der Waals surface area contributed by atoms with Crippen molar-refractivity contribution in [1.82, 2.24) is 20.2 Å². The summed E-state index contributed by atoms with van der Waals surface area (Å²) in [7, 11) is 0. The number of nitrogens with one attached hydrogen (secondary N) is 1. The summed E-state index contributed by atoms with van der Waals surface area (Å²) in [4.78, 5) is 37.7. The smallest absolute Gasteiger partial charge is 0.243 e. The van der Waals surface area contributed by atoms with Crippen LogP contribution in [-0.2, 0) is 16.1 Å². The molecule has 34 heavy (non-hydrogen) atoms. The van der Waals surface area contributed by atoms with Crippen molar-refractivity contribution in [2.45, 2.75) is 51.8 Å².